The average Bonchev–Trinajstić information content (AvgIpc) is 3.05. The maximum atomic E-state index is 5.44. The normalized spacial score (nSPS) is 15.3. The van der Waals surface area contributed by atoms with Gasteiger partial charge in [0.05, 0.1) is 0 Å². The molecule has 2 aliphatic heterocycles. The Morgan fingerprint density at radius 3 is 2.94 bits per heavy atom. The summed E-state index contributed by atoms with van der Waals surface area (Å²) in [5.41, 5.74) is 5.07. The lowest BCUT2D eigenvalue weighted by molar-refractivity contribution is 0.174. The highest BCUT2D eigenvalue weighted by molar-refractivity contribution is 5.82. The molecular weight excluding hydrogens is 226 g/mol. The van der Waals surface area contributed by atoms with Crippen molar-refractivity contribution in [1.82, 2.24) is 0 Å². The Balaban J connectivity index is 1.86. The number of hydrogen-bond acceptors (Lipinski definition) is 3. The summed E-state index contributed by atoms with van der Waals surface area (Å²) in [7, 11) is 0. The van der Waals surface area contributed by atoms with Gasteiger partial charge in [-0.2, -0.15) is 0 Å². The molecule has 2 aromatic rings. The minimum absolute atomic E-state index is 0.323. The molecule has 3 heteroatoms. The van der Waals surface area contributed by atoms with Crippen LogP contribution in [0.2, 0.25) is 0 Å². The van der Waals surface area contributed by atoms with E-state index in [1.165, 1.54) is 22.4 Å². The van der Waals surface area contributed by atoms with Crippen molar-refractivity contribution >= 4 is 5.69 Å². The highest BCUT2D eigenvalue weighted by Gasteiger charge is 2.18. The fourth-order valence-corrected chi connectivity index (χ4v) is 2.64. The summed E-state index contributed by atoms with van der Waals surface area (Å²) in [4.78, 5) is 0. The molecule has 0 saturated heterocycles. The average molecular weight is 239 g/mol. The summed E-state index contributed by atoms with van der Waals surface area (Å²) in [6.07, 6.45) is 1.10. The number of fused-ring (bicyclic) bond motifs is 2. The van der Waals surface area contributed by atoms with E-state index in [1.807, 2.05) is 6.07 Å². The second-order valence-electron chi connectivity index (χ2n) is 4.58. The predicted molar refractivity (Wildman–Crippen MR) is 70.2 cm³/mol. The summed E-state index contributed by atoms with van der Waals surface area (Å²) in [5.74, 6) is 1.67. The first-order valence-corrected chi connectivity index (χ1v) is 6.17. The molecule has 0 fully saturated rings. The molecule has 1 N–H and O–H groups in total. The van der Waals surface area contributed by atoms with Crippen LogP contribution in [0.4, 0.5) is 5.69 Å². The third-order valence-corrected chi connectivity index (χ3v) is 3.53. The lowest BCUT2D eigenvalue weighted by Gasteiger charge is -2.09. The molecule has 0 aromatic heterocycles. The van der Waals surface area contributed by atoms with Gasteiger partial charge in [-0.05, 0) is 29.7 Å². The van der Waals surface area contributed by atoms with E-state index >= 15 is 0 Å². The molecule has 0 atom stereocenters. The van der Waals surface area contributed by atoms with Gasteiger partial charge in [0.2, 0.25) is 6.79 Å². The van der Waals surface area contributed by atoms with Crippen LogP contribution >= 0.6 is 0 Å². The SMILES string of the molecule is c1cc2c(c(-c3ccc4c(c3)OCO4)c1)NCC2. The van der Waals surface area contributed by atoms with Crippen LogP contribution in [-0.2, 0) is 6.42 Å². The molecule has 2 heterocycles. The van der Waals surface area contributed by atoms with Gasteiger partial charge in [-0.25, -0.2) is 0 Å². The van der Waals surface area contributed by atoms with Gasteiger partial charge in [-0.15, -0.1) is 0 Å². The first kappa shape index (κ1) is 9.83. The second-order valence-corrected chi connectivity index (χ2v) is 4.58. The zero-order chi connectivity index (χ0) is 11.9. The Kier molecular flexibility index (Phi) is 2.00. The summed E-state index contributed by atoms with van der Waals surface area (Å²) in [5, 5.41) is 3.46. The van der Waals surface area contributed by atoms with Gasteiger partial charge in [-0.3, -0.25) is 0 Å². The Morgan fingerprint density at radius 2 is 1.94 bits per heavy atom. The van der Waals surface area contributed by atoms with E-state index in [-0.39, 0.29) is 0 Å². The summed E-state index contributed by atoms with van der Waals surface area (Å²) < 4.78 is 10.8. The van der Waals surface area contributed by atoms with Crippen molar-refractivity contribution < 1.29 is 9.47 Å². The van der Waals surface area contributed by atoms with Gasteiger partial charge in [0, 0.05) is 17.8 Å². The molecule has 0 amide bonds. The Labute approximate surface area is 105 Å². The Morgan fingerprint density at radius 1 is 1.00 bits per heavy atom. The van der Waals surface area contributed by atoms with Crippen molar-refractivity contribution in [1.29, 1.82) is 0 Å². The first-order valence-electron chi connectivity index (χ1n) is 6.17. The molecular formula is C15H13NO2. The Hall–Kier alpha value is -2.16. The number of benzene rings is 2. The minimum atomic E-state index is 0.323. The lowest BCUT2D eigenvalue weighted by atomic mass is 10.0. The standard InChI is InChI=1S/C15H13NO2/c1-2-10-6-7-16-15(10)12(3-1)11-4-5-13-14(8-11)18-9-17-13/h1-5,8,16H,6-7,9H2. The summed E-state index contributed by atoms with van der Waals surface area (Å²) >= 11 is 0. The largest absolute Gasteiger partial charge is 0.454 e. The zero-order valence-corrected chi connectivity index (χ0v) is 9.90. The van der Waals surface area contributed by atoms with Crippen LogP contribution in [0.25, 0.3) is 11.1 Å². The lowest BCUT2D eigenvalue weighted by Crippen LogP contribution is -1.93. The maximum absolute atomic E-state index is 5.44. The molecule has 90 valence electrons. The van der Waals surface area contributed by atoms with Crippen LogP contribution in [0.5, 0.6) is 11.5 Å². The molecule has 3 nitrogen and oxygen atoms in total. The first-order chi connectivity index (χ1) is 8.92. The van der Waals surface area contributed by atoms with E-state index in [4.69, 9.17) is 9.47 Å². The quantitative estimate of drug-likeness (QED) is 0.829. The summed E-state index contributed by atoms with van der Waals surface area (Å²) in [6, 6.07) is 12.6. The third kappa shape index (κ3) is 1.37. The highest BCUT2D eigenvalue weighted by Crippen LogP contribution is 2.39. The Bertz CT molecular complexity index is 622. The van der Waals surface area contributed by atoms with Gasteiger partial charge < -0.3 is 14.8 Å². The van der Waals surface area contributed by atoms with Crippen LogP contribution in [0, 0.1) is 0 Å². The van der Waals surface area contributed by atoms with E-state index in [0.717, 1.165) is 24.5 Å². The fraction of sp³-hybridized carbons (Fsp3) is 0.200. The van der Waals surface area contributed by atoms with Crippen LogP contribution in [0.15, 0.2) is 36.4 Å². The van der Waals surface area contributed by atoms with Crippen molar-refractivity contribution in [2.45, 2.75) is 6.42 Å². The van der Waals surface area contributed by atoms with Crippen molar-refractivity contribution in [3.63, 3.8) is 0 Å². The van der Waals surface area contributed by atoms with Crippen molar-refractivity contribution in [2.24, 2.45) is 0 Å². The molecule has 4 rings (SSSR count). The van der Waals surface area contributed by atoms with Crippen LogP contribution in [0.3, 0.4) is 0 Å². The van der Waals surface area contributed by atoms with E-state index in [2.05, 4.69) is 35.6 Å². The van der Waals surface area contributed by atoms with Crippen molar-refractivity contribution in [3.8, 4) is 22.6 Å². The van der Waals surface area contributed by atoms with Crippen molar-refractivity contribution in [2.75, 3.05) is 18.7 Å². The van der Waals surface area contributed by atoms with E-state index in [1.54, 1.807) is 0 Å². The molecule has 0 bridgehead atoms. The van der Waals surface area contributed by atoms with Crippen molar-refractivity contribution in [3.05, 3.63) is 42.0 Å². The molecule has 0 spiro atoms. The van der Waals surface area contributed by atoms with E-state index < -0.39 is 0 Å². The number of ether oxygens (including phenoxy) is 2. The van der Waals surface area contributed by atoms with Crippen LogP contribution in [-0.4, -0.2) is 13.3 Å². The molecule has 2 aromatic carbocycles. The van der Waals surface area contributed by atoms with Gasteiger partial charge in [0.25, 0.3) is 0 Å². The summed E-state index contributed by atoms with van der Waals surface area (Å²) in [6.45, 7) is 1.35. The molecule has 0 aliphatic carbocycles. The van der Waals surface area contributed by atoms with Crippen LogP contribution < -0.4 is 14.8 Å². The van der Waals surface area contributed by atoms with E-state index in [9.17, 15) is 0 Å². The number of anilines is 1. The van der Waals surface area contributed by atoms with Crippen LogP contribution in [0.1, 0.15) is 5.56 Å². The molecule has 2 aliphatic rings. The highest BCUT2D eigenvalue weighted by atomic mass is 16.7. The molecule has 18 heavy (non-hydrogen) atoms. The number of nitrogens with one attached hydrogen (secondary N) is 1. The van der Waals surface area contributed by atoms with Gasteiger partial charge >= 0.3 is 0 Å². The minimum Gasteiger partial charge on any atom is -0.454 e. The molecule has 0 unspecified atom stereocenters. The topological polar surface area (TPSA) is 30.5 Å². The maximum Gasteiger partial charge on any atom is 0.231 e. The monoisotopic (exact) mass is 239 g/mol. The third-order valence-electron chi connectivity index (χ3n) is 3.53. The predicted octanol–water partition coefficient (Wildman–Crippen LogP) is 3.05. The second kappa shape index (κ2) is 3.67. The van der Waals surface area contributed by atoms with Gasteiger partial charge in [0.1, 0.15) is 0 Å². The van der Waals surface area contributed by atoms with Gasteiger partial charge in [0.15, 0.2) is 11.5 Å². The number of para-hydroxylation sites is 1. The smallest absolute Gasteiger partial charge is 0.231 e. The number of rotatable bonds is 1. The van der Waals surface area contributed by atoms with Gasteiger partial charge in [-0.1, -0.05) is 24.3 Å². The fourth-order valence-electron chi connectivity index (χ4n) is 2.64. The number of hydrogen-bond donors (Lipinski definition) is 1. The van der Waals surface area contributed by atoms with E-state index in [0.29, 0.717) is 6.79 Å². The zero-order valence-electron chi connectivity index (χ0n) is 9.90. The molecule has 0 radical (unpaired) electrons. The molecule has 0 saturated carbocycles.